The molecule has 0 aliphatic heterocycles. The Hall–Kier alpha value is -2.59. The zero-order valence-corrected chi connectivity index (χ0v) is 16.6. The predicted octanol–water partition coefficient (Wildman–Crippen LogP) is 7.49. The molecule has 3 aromatic carbocycles. The first-order valence-corrected chi connectivity index (χ1v) is 10.2. The molecule has 0 radical (unpaired) electrons. The molecule has 0 bridgehead atoms. The lowest BCUT2D eigenvalue weighted by atomic mass is 10.1. The summed E-state index contributed by atoms with van der Waals surface area (Å²) in [4.78, 5) is 1.37. The van der Waals surface area contributed by atoms with Crippen molar-refractivity contribution >= 4 is 50.7 Å². The van der Waals surface area contributed by atoms with E-state index in [1.54, 1.807) is 18.2 Å². The molecule has 28 heavy (non-hydrogen) atoms. The molecule has 7 heteroatoms. The van der Waals surface area contributed by atoms with E-state index in [2.05, 4.69) is 4.72 Å². The summed E-state index contributed by atoms with van der Waals surface area (Å²) in [5, 5.41) is 10.5. The van der Waals surface area contributed by atoms with Gasteiger partial charge >= 0.3 is 0 Å². The van der Waals surface area contributed by atoms with Gasteiger partial charge in [-0.15, -0.1) is 11.3 Å². The average molecular weight is 429 g/mol. The summed E-state index contributed by atoms with van der Waals surface area (Å²) in [6, 6.07) is 18.9. The third kappa shape index (κ3) is 3.83. The van der Waals surface area contributed by atoms with Crippen molar-refractivity contribution in [2.75, 3.05) is 4.72 Å². The van der Waals surface area contributed by atoms with Crippen LogP contribution in [0.4, 0.5) is 14.5 Å². The molecule has 0 amide bonds. The van der Waals surface area contributed by atoms with E-state index in [0.29, 0.717) is 21.0 Å². The molecule has 0 unspecified atom stereocenters. The number of rotatable bonds is 4. The van der Waals surface area contributed by atoms with Gasteiger partial charge in [0.1, 0.15) is 11.6 Å². The summed E-state index contributed by atoms with van der Waals surface area (Å²) in [5.41, 5.74) is 0.884. The predicted molar refractivity (Wildman–Crippen MR) is 113 cm³/mol. The number of hydrogen-bond donors (Lipinski definition) is 1. The summed E-state index contributed by atoms with van der Waals surface area (Å²) in [7, 11) is 0. The van der Waals surface area contributed by atoms with E-state index in [1.807, 2.05) is 36.4 Å². The number of anilines is 1. The Morgan fingerprint density at radius 1 is 1.00 bits per heavy atom. The topological polar surface area (TPSA) is 35.8 Å². The standard InChI is InChI=1S/C21H11ClF2N2S2/c22-14-5-12(11-25)6-15(8-14)28-26-19-9-16(17(23)10-18(19)24)21-7-13-3-1-2-4-20(13)27-21/h1-10,26H. The van der Waals surface area contributed by atoms with Gasteiger partial charge < -0.3 is 4.72 Å². The number of nitriles is 1. The molecular weight excluding hydrogens is 418 g/mol. The van der Waals surface area contributed by atoms with Crippen LogP contribution in [0, 0.1) is 23.0 Å². The van der Waals surface area contributed by atoms with Crippen molar-refractivity contribution in [2.45, 2.75) is 4.90 Å². The van der Waals surface area contributed by atoms with Gasteiger partial charge in [-0.2, -0.15) is 5.26 Å². The van der Waals surface area contributed by atoms with Crippen LogP contribution in [0.3, 0.4) is 0 Å². The molecule has 0 aliphatic carbocycles. The Balaban J connectivity index is 1.66. The van der Waals surface area contributed by atoms with Crippen LogP contribution in [0.2, 0.25) is 5.02 Å². The van der Waals surface area contributed by atoms with E-state index in [1.165, 1.54) is 17.4 Å². The number of benzene rings is 3. The van der Waals surface area contributed by atoms with Gasteiger partial charge in [0.05, 0.1) is 17.3 Å². The van der Waals surface area contributed by atoms with Crippen LogP contribution in [0.5, 0.6) is 0 Å². The van der Waals surface area contributed by atoms with Crippen molar-refractivity contribution in [3.63, 3.8) is 0 Å². The van der Waals surface area contributed by atoms with Crippen LogP contribution in [-0.2, 0) is 0 Å². The third-order valence-electron chi connectivity index (χ3n) is 4.03. The Kier molecular flexibility index (Phi) is 5.23. The molecule has 4 aromatic rings. The molecule has 0 fully saturated rings. The molecule has 2 nitrogen and oxygen atoms in total. The van der Waals surface area contributed by atoms with Crippen molar-refractivity contribution in [3.8, 4) is 16.5 Å². The SMILES string of the molecule is N#Cc1cc(Cl)cc(SNc2cc(-c3cc4ccccc4s3)c(F)cc2F)c1. The molecule has 4 rings (SSSR count). The van der Waals surface area contributed by atoms with Crippen molar-refractivity contribution < 1.29 is 8.78 Å². The van der Waals surface area contributed by atoms with Crippen molar-refractivity contribution in [2.24, 2.45) is 0 Å². The van der Waals surface area contributed by atoms with Crippen LogP contribution in [0.1, 0.15) is 5.56 Å². The van der Waals surface area contributed by atoms with Crippen molar-refractivity contribution in [1.29, 1.82) is 5.26 Å². The minimum absolute atomic E-state index is 0.150. The van der Waals surface area contributed by atoms with E-state index < -0.39 is 11.6 Å². The van der Waals surface area contributed by atoms with Crippen LogP contribution in [0.25, 0.3) is 20.5 Å². The lowest BCUT2D eigenvalue weighted by Gasteiger charge is -2.10. The number of hydrogen-bond acceptors (Lipinski definition) is 4. The average Bonchev–Trinajstić information content (AvgIpc) is 3.10. The molecule has 138 valence electrons. The zero-order chi connectivity index (χ0) is 19.7. The van der Waals surface area contributed by atoms with Crippen molar-refractivity contribution in [1.82, 2.24) is 0 Å². The molecule has 0 aliphatic rings. The molecule has 1 heterocycles. The van der Waals surface area contributed by atoms with Crippen LogP contribution in [0.15, 0.2) is 65.6 Å². The number of nitrogens with zero attached hydrogens (tertiary/aromatic N) is 1. The highest BCUT2D eigenvalue weighted by atomic mass is 35.5. The Morgan fingerprint density at radius 3 is 2.61 bits per heavy atom. The van der Waals surface area contributed by atoms with E-state index >= 15 is 0 Å². The second-order valence-electron chi connectivity index (χ2n) is 5.95. The maximum atomic E-state index is 14.4. The van der Waals surface area contributed by atoms with Gasteiger partial charge in [0.2, 0.25) is 0 Å². The monoisotopic (exact) mass is 428 g/mol. The maximum Gasteiger partial charge on any atom is 0.150 e. The number of nitrogens with one attached hydrogen (secondary N) is 1. The number of thiophene rings is 1. The van der Waals surface area contributed by atoms with E-state index in [0.717, 1.165) is 33.0 Å². The molecule has 0 spiro atoms. The van der Waals surface area contributed by atoms with Gasteiger partial charge in [0, 0.05) is 31.1 Å². The molecule has 0 saturated heterocycles. The summed E-state index contributed by atoms with van der Waals surface area (Å²) in [5.74, 6) is -1.31. The smallest absolute Gasteiger partial charge is 0.150 e. The Morgan fingerprint density at radius 2 is 1.82 bits per heavy atom. The van der Waals surface area contributed by atoms with E-state index in [9.17, 15) is 8.78 Å². The molecule has 1 N–H and O–H groups in total. The maximum absolute atomic E-state index is 14.4. The molecular formula is C21H11ClF2N2S2. The molecule has 1 aromatic heterocycles. The first-order chi connectivity index (χ1) is 13.5. The van der Waals surface area contributed by atoms with Crippen LogP contribution in [-0.4, -0.2) is 0 Å². The van der Waals surface area contributed by atoms with Crippen LogP contribution < -0.4 is 4.72 Å². The first-order valence-electron chi connectivity index (χ1n) is 8.15. The van der Waals surface area contributed by atoms with Gasteiger partial charge in [-0.25, -0.2) is 8.78 Å². The molecule has 0 atom stereocenters. The lowest BCUT2D eigenvalue weighted by molar-refractivity contribution is 0.589. The minimum atomic E-state index is -0.697. The van der Waals surface area contributed by atoms with E-state index in [-0.39, 0.29) is 5.69 Å². The summed E-state index contributed by atoms with van der Waals surface area (Å²) in [6.45, 7) is 0. The third-order valence-corrected chi connectivity index (χ3v) is 6.19. The zero-order valence-electron chi connectivity index (χ0n) is 14.2. The largest absolute Gasteiger partial charge is 0.323 e. The highest BCUT2D eigenvalue weighted by Gasteiger charge is 2.14. The van der Waals surface area contributed by atoms with E-state index in [4.69, 9.17) is 16.9 Å². The lowest BCUT2D eigenvalue weighted by Crippen LogP contribution is -1.94. The first kappa shape index (κ1) is 18.8. The fraction of sp³-hybridized carbons (Fsp3) is 0. The fourth-order valence-corrected chi connectivity index (χ4v) is 4.87. The second kappa shape index (κ2) is 7.80. The summed E-state index contributed by atoms with van der Waals surface area (Å²) in [6.07, 6.45) is 0. The normalized spacial score (nSPS) is 10.8. The van der Waals surface area contributed by atoms with Gasteiger partial charge in [0.25, 0.3) is 0 Å². The van der Waals surface area contributed by atoms with Gasteiger partial charge in [-0.3, -0.25) is 0 Å². The quantitative estimate of drug-likeness (QED) is 0.342. The van der Waals surface area contributed by atoms with Crippen LogP contribution >= 0.6 is 34.9 Å². The molecule has 0 saturated carbocycles. The number of halogens is 3. The fourth-order valence-electron chi connectivity index (χ4n) is 2.73. The number of fused-ring (bicyclic) bond motifs is 1. The van der Waals surface area contributed by atoms with Gasteiger partial charge in [0.15, 0.2) is 0 Å². The minimum Gasteiger partial charge on any atom is -0.323 e. The Labute approximate surface area is 173 Å². The Bertz CT molecular complexity index is 1200. The second-order valence-corrected chi connectivity index (χ2v) is 8.35. The summed E-state index contributed by atoms with van der Waals surface area (Å²) >= 11 is 8.54. The highest BCUT2D eigenvalue weighted by Crippen LogP contribution is 2.37. The van der Waals surface area contributed by atoms with Gasteiger partial charge in [-0.05, 0) is 53.7 Å². The summed E-state index contributed by atoms with van der Waals surface area (Å²) < 4.78 is 32.7. The van der Waals surface area contributed by atoms with Crippen molar-refractivity contribution in [3.05, 3.63) is 82.9 Å². The highest BCUT2D eigenvalue weighted by molar-refractivity contribution is 8.00. The van der Waals surface area contributed by atoms with Gasteiger partial charge in [-0.1, -0.05) is 29.8 Å².